The van der Waals surface area contributed by atoms with Gasteiger partial charge in [-0.1, -0.05) is 6.92 Å². The van der Waals surface area contributed by atoms with Crippen molar-refractivity contribution in [2.45, 2.75) is 25.8 Å². The summed E-state index contributed by atoms with van der Waals surface area (Å²) in [4.78, 5) is 47.1. The molecule has 0 unspecified atom stereocenters. The zero-order chi connectivity index (χ0) is 24.0. The molecule has 2 atom stereocenters. The normalized spacial score (nSPS) is 12.4. The molecule has 10 nitrogen and oxygen atoms in total. The summed E-state index contributed by atoms with van der Waals surface area (Å²) < 4.78 is 19.1. The molecule has 32 heavy (non-hydrogen) atoms. The Balaban J connectivity index is 2.00. The minimum atomic E-state index is -1.55. The molecule has 1 aromatic carbocycles. The van der Waals surface area contributed by atoms with Gasteiger partial charge in [-0.05, 0) is 36.8 Å². The third kappa shape index (κ3) is 6.60. The lowest BCUT2D eigenvalue weighted by Gasteiger charge is -2.16. The minimum Gasteiger partial charge on any atom is -0.481 e. The Morgan fingerprint density at radius 3 is 2.47 bits per heavy atom. The molecule has 12 heteroatoms. The van der Waals surface area contributed by atoms with Crippen LogP contribution in [0.2, 0.25) is 0 Å². The van der Waals surface area contributed by atoms with Gasteiger partial charge in [0.15, 0.2) is 11.6 Å². The van der Waals surface area contributed by atoms with Crippen molar-refractivity contribution < 1.29 is 38.5 Å². The van der Waals surface area contributed by atoms with Gasteiger partial charge in [-0.2, -0.15) is 0 Å². The van der Waals surface area contributed by atoms with Gasteiger partial charge >= 0.3 is 17.9 Å². The Morgan fingerprint density at radius 2 is 1.91 bits per heavy atom. The first-order valence-corrected chi connectivity index (χ1v) is 9.99. The van der Waals surface area contributed by atoms with Crippen LogP contribution in [-0.4, -0.2) is 45.9 Å². The van der Waals surface area contributed by atoms with Crippen LogP contribution >= 0.6 is 11.3 Å². The number of nitrogen functional groups attached to an aromatic ring is 1. The number of hydrogen-bond acceptors (Lipinski definition) is 7. The Labute approximate surface area is 185 Å². The van der Waals surface area contributed by atoms with Crippen LogP contribution in [0, 0.1) is 17.1 Å². The van der Waals surface area contributed by atoms with Gasteiger partial charge < -0.3 is 26.0 Å². The van der Waals surface area contributed by atoms with E-state index >= 15 is 0 Å². The van der Waals surface area contributed by atoms with Crippen LogP contribution in [-0.2, 0) is 20.8 Å². The first kappa shape index (κ1) is 24.5. The topological polar surface area (TPSA) is 180 Å². The van der Waals surface area contributed by atoms with Gasteiger partial charge in [-0.3, -0.25) is 15.0 Å². The summed E-state index contributed by atoms with van der Waals surface area (Å²) in [5, 5.41) is 27.2. The van der Waals surface area contributed by atoms with Crippen LogP contribution in [0.25, 0.3) is 0 Å². The molecule has 0 aliphatic heterocycles. The SMILES string of the molecule is C[C@H](Cc1ccc(C(=O)Oc2ccc(C(=N)N)cc2F)s1)C(=O)N[C@@H](CC(=O)O)C(=O)O. The molecule has 6 N–H and O–H groups in total. The van der Waals surface area contributed by atoms with E-state index in [2.05, 4.69) is 5.32 Å². The molecule has 0 radical (unpaired) electrons. The number of hydrogen-bond donors (Lipinski definition) is 5. The van der Waals surface area contributed by atoms with Crippen molar-refractivity contribution in [1.29, 1.82) is 5.41 Å². The van der Waals surface area contributed by atoms with Gasteiger partial charge in [0.2, 0.25) is 5.91 Å². The van der Waals surface area contributed by atoms with Gasteiger partial charge in [0, 0.05) is 16.4 Å². The van der Waals surface area contributed by atoms with E-state index in [4.69, 9.17) is 26.1 Å². The molecular weight excluding hydrogens is 445 g/mol. The van der Waals surface area contributed by atoms with Gasteiger partial charge in [0.05, 0.1) is 6.42 Å². The maximum Gasteiger partial charge on any atom is 0.353 e. The zero-order valence-corrected chi connectivity index (χ0v) is 17.6. The van der Waals surface area contributed by atoms with Crippen LogP contribution in [0.3, 0.4) is 0 Å². The number of benzene rings is 1. The first-order chi connectivity index (χ1) is 15.0. The van der Waals surface area contributed by atoms with Crippen LogP contribution in [0.4, 0.5) is 4.39 Å². The monoisotopic (exact) mass is 465 g/mol. The molecule has 0 saturated carbocycles. The Kier molecular flexibility index (Phi) is 8.02. The molecule has 0 bridgehead atoms. The maximum atomic E-state index is 14.0. The molecule has 1 amide bonds. The highest BCUT2D eigenvalue weighted by molar-refractivity contribution is 7.13. The third-order valence-corrected chi connectivity index (χ3v) is 5.34. The number of aliphatic carboxylic acids is 2. The fourth-order valence-corrected chi connectivity index (χ4v) is 3.59. The lowest BCUT2D eigenvalue weighted by atomic mass is 10.0. The van der Waals surface area contributed by atoms with E-state index in [9.17, 15) is 23.6 Å². The number of esters is 1. The van der Waals surface area contributed by atoms with E-state index in [1.165, 1.54) is 25.1 Å². The molecule has 0 aliphatic carbocycles. The molecule has 2 rings (SSSR count). The van der Waals surface area contributed by atoms with Crippen molar-refractivity contribution in [3.63, 3.8) is 0 Å². The molecule has 2 aromatic rings. The van der Waals surface area contributed by atoms with E-state index in [1.807, 2.05) is 0 Å². The largest absolute Gasteiger partial charge is 0.481 e. The molecular formula is C20H20FN3O7S. The van der Waals surface area contributed by atoms with E-state index in [0.29, 0.717) is 4.88 Å². The molecule has 0 aliphatic rings. The van der Waals surface area contributed by atoms with Crippen LogP contribution in [0.15, 0.2) is 30.3 Å². The number of amidine groups is 1. The molecule has 1 aromatic heterocycles. The molecule has 1 heterocycles. The van der Waals surface area contributed by atoms with Crippen LogP contribution < -0.4 is 15.8 Å². The standard InChI is InChI=1S/C20H20FN3O7S/c1-9(18(27)24-13(19(28)29)8-16(25)26)6-11-3-5-15(32-11)20(30)31-14-4-2-10(17(22)23)7-12(14)21/h2-5,7,9,13H,6,8H2,1H3,(H3,22,23)(H,24,27)(H,25,26)(H,28,29)/t9-,13+/m1/s1. The number of halogens is 1. The van der Waals surface area contributed by atoms with Gasteiger partial charge in [0.25, 0.3) is 0 Å². The van der Waals surface area contributed by atoms with E-state index in [-0.39, 0.29) is 28.4 Å². The summed E-state index contributed by atoms with van der Waals surface area (Å²) in [6, 6.07) is 4.95. The van der Waals surface area contributed by atoms with Crippen molar-refractivity contribution in [2.24, 2.45) is 11.7 Å². The Morgan fingerprint density at radius 1 is 1.22 bits per heavy atom. The van der Waals surface area contributed by atoms with Crippen LogP contribution in [0.5, 0.6) is 5.75 Å². The molecule has 0 saturated heterocycles. The summed E-state index contributed by atoms with van der Waals surface area (Å²) >= 11 is 1.01. The summed E-state index contributed by atoms with van der Waals surface area (Å²) in [7, 11) is 0. The number of carboxylic acids is 2. The van der Waals surface area contributed by atoms with Gasteiger partial charge in [-0.25, -0.2) is 14.0 Å². The second-order valence-corrected chi connectivity index (χ2v) is 7.99. The van der Waals surface area contributed by atoms with Crippen molar-refractivity contribution in [2.75, 3.05) is 0 Å². The zero-order valence-electron chi connectivity index (χ0n) is 16.8. The fraction of sp³-hybridized carbons (Fsp3) is 0.250. The lowest BCUT2D eigenvalue weighted by Crippen LogP contribution is -2.44. The van der Waals surface area contributed by atoms with E-state index < -0.39 is 48.0 Å². The van der Waals surface area contributed by atoms with E-state index in [1.54, 1.807) is 6.07 Å². The summed E-state index contributed by atoms with van der Waals surface area (Å²) in [6.45, 7) is 1.53. The highest BCUT2D eigenvalue weighted by Gasteiger charge is 2.26. The van der Waals surface area contributed by atoms with Crippen LogP contribution in [0.1, 0.15) is 33.5 Å². The van der Waals surface area contributed by atoms with Crippen molar-refractivity contribution in [1.82, 2.24) is 5.32 Å². The number of amides is 1. The van der Waals surface area contributed by atoms with Gasteiger partial charge in [0.1, 0.15) is 16.8 Å². The fourth-order valence-electron chi connectivity index (χ4n) is 2.58. The summed E-state index contributed by atoms with van der Waals surface area (Å²) in [5.41, 5.74) is 5.42. The molecule has 0 spiro atoms. The Hall–Kier alpha value is -3.80. The smallest absolute Gasteiger partial charge is 0.353 e. The molecule has 170 valence electrons. The number of ether oxygens (including phenoxy) is 1. The predicted molar refractivity (Wildman–Crippen MR) is 111 cm³/mol. The number of rotatable bonds is 10. The average Bonchev–Trinajstić information content (AvgIpc) is 3.16. The number of nitrogens with two attached hydrogens (primary N) is 1. The predicted octanol–water partition coefficient (Wildman–Crippen LogP) is 1.61. The van der Waals surface area contributed by atoms with E-state index in [0.717, 1.165) is 17.4 Å². The van der Waals surface area contributed by atoms with Crippen molar-refractivity contribution in [3.8, 4) is 5.75 Å². The molecule has 0 fully saturated rings. The summed E-state index contributed by atoms with van der Waals surface area (Å²) in [6.07, 6.45) is -0.600. The number of carbonyl (C=O) groups is 4. The second kappa shape index (κ2) is 10.5. The Bertz CT molecular complexity index is 1070. The third-order valence-electron chi connectivity index (χ3n) is 4.26. The number of carbonyl (C=O) groups excluding carboxylic acids is 2. The quantitative estimate of drug-likeness (QED) is 0.152. The number of carboxylic acid groups (broad SMARTS) is 2. The average molecular weight is 465 g/mol. The first-order valence-electron chi connectivity index (χ1n) is 9.17. The summed E-state index contributed by atoms with van der Waals surface area (Å²) in [5.74, 6) is -6.52. The highest BCUT2D eigenvalue weighted by Crippen LogP contribution is 2.24. The number of thiophene rings is 1. The number of nitrogens with one attached hydrogen (secondary N) is 2. The van der Waals surface area contributed by atoms with Crippen molar-refractivity contribution in [3.05, 3.63) is 51.5 Å². The maximum absolute atomic E-state index is 14.0. The van der Waals surface area contributed by atoms with Gasteiger partial charge in [-0.15, -0.1) is 11.3 Å². The minimum absolute atomic E-state index is 0.140. The second-order valence-electron chi connectivity index (χ2n) is 6.82. The van der Waals surface area contributed by atoms with Crippen molar-refractivity contribution >= 4 is 41.0 Å². The highest BCUT2D eigenvalue weighted by atomic mass is 32.1. The lowest BCUT2D eigenvalue weighted by molar-refractivity contribution is -0.147.